The van der Waals surface area contributed by atoms with Crippen molar-refractivity contribution in [2.24, 2.45) is 0 Å². The molecule has 0 spiro atoms. The van der Waals surface area contributed by atoms with Gasteiger partial charge in [-0.2, -0.15) is 5.26 Å². The molecule has 0 aromatic carbocycles. The van der Waals surface area contributed by atoms with Gasteiger partial charge in [-0.05, 0) is 41.8 Å². The second-order valence-electron chi connectivity index (χ2n) is 5.31. The van der Waals surface area contributed by atoms with Gasteiger partial charge in [0, 0.05) is 6.54 Å². The lowest BCUT2D eigenvalue weighted by molar-refractivity contribution is 0.0476. The van der Waals surface area contributed by atoms with Crippen molar-refractivity contribution >= 4 is 6.09 Å². The molecule has 0 aromatic rings. The van der Waals surface area contributed by atoms with Gasteiger partial charge in [0.25, 0.3) is 0 Å². The van der Waals surface area contributed by atoms with E-state index in [4.69, 9.17) is 10.00 Å². The van der Waals surface area contributed by atoms with E-state index >= 15 is 0 Å². The monoisotopic (exact) mass is 227 g/mol. The second kappa shape index (κ2) is 5.17. The number of nitriles is 1. The number of nitrogens with one attached hydrogen (secondary N) is 1. The molecule has 16 heavy (non-hydrogen) atoms. The standard InChI is InChI=1S/C11H21N3O2/c1-10(2,3)16-9(15)13-11(4,7-12)8-14(5)6/h8H2,1-6H3,(H,13,15). The van der Waals surface area contributed by atoms with Crippen LogP contribution < -0.4 is 5.32 Å². The molecule has 1 N–H and O–H groups in total. The predicted octanol–water partition coefficient (Wildman–Crippen LogP) is 1.35. The van der Waals surface area contributed by atoms with Gasteiger partial charge in [-0.15, -0.1) is 0 Å². The smallest absolute Gasteiger partial charge is 0.408 e. The Bertz CT molecular complexity index is 289. The molecule has 0 saturated carbocycles. The fourth-order valence-electron chi connectivity index (χ4n) is 1.26. The molecule has 0 aliphatic heterocycles. The first-order valence-corrected chi connectivity index (χ1v) is 5.15. The van der Waals surface area contributed by atoms with E-state index in [1.807, 2.05) is 19.0 Å². The number of alkyl carbamates (subject to hydrolysis) is 1. The highest BCUT2D eigenvalue weighted by molar-refractivity contribution is 5.69. The number of carbonyl (C=O) groups excluding carboxylic acids is 1. The van der Waals surface area contributed by atoms with Gasteiger partial charge >= 0.3 is 6.09 Å². The molecule has 0 bridgehead atoms. The van der Waals surface area contributed by atoms with E-state index in [0.717, 1.165) is 0 Å². The van der Waals surface area contributed by atoms with Gasteiger partial charge < -0.3 is 15.0 Å². The molecule has 0 aliphatic carbocycles. The Kier molecular flexibility index (Phi) is 4.76. The van der Waals surface area contributed by atoms with Crippen LogP contribution in [0.4, 0.5) is 4.79 Å². The van der Waals surface area contributed by atoms with Crippen LogP contribution in [0.3, 0.4) is 0 Å². The Balaban J connectivity index is 4.45. The average Bonchev–Trinajstić information content (AvgIpc) is 1.98. The third-order valence-electron chi connectivity index (χ3n) is 1.66. The summed E-state index contributed by atoms with van der Waals surface area (Å²) in [5, 5.41) is 11.6. The first-order valence-electron chi connectivity index (χ1n) is 5.15. The van der Waals surface area contributed by atoms with Crippen molar-refractivity contribution in [3.8, 4) is 6.07 Å². The fraction of sp³-hybridized carbons (Fsp3) is 0.818. The number of ether oxygens (including phenoxy) is 1. The molecule has 1 amide bonds. The Morgan fingerprint density at radius 2 is 1.88 bits per heavy atom. The lowest BCUT2D eigenvalue weighted by atomic mass is 10.1. The zero-order valence-corrected chi connectivity index (χ0v) is 10.9. The normalized spacial score (nSPS) is 15.1. The van der Waals surface area contributed by atoms with Gasteiger partial charge in [-0.25, -0.2) is 4.79 Å². The number of nitrogens with zero attached hydrogens (tertiary/aromatic N) is 2. The maximum atomic E-state index is 11.5. The number of amides is 1. The lowest BCUT2D eigenvalue weighted by Gasteiger charge is -2.28. The number of rotatable bonds is 3. The maximum absolute atomic E-state index is 11.5. The summed E-state index contributed by atoms with van der Waals surface area (Å²) >= 11 is 0. The zero-order chi connectivity index (χ0) is 13.0. The summed E-state index contributed by atoms with van der Waals surface area (Å²) in [6.07, 6.45) is -0.571. The van der Waals surface area contributed by atoms with Crippen molar-refractivity contribution in [3.63, 3.8) is 0 Å². The van der Waals surface area contributed by atoms with Gasteiger partial charge in [0.15, 0.2) is 0 Å². The van der Waals surface area contributed by atoms with Crippen LogP contribution >= 0.6 is 0 Å². The largest absolute Gasteiger partial charge is 0.444 e. The summed E-state index contributed by atoms with van der Waals surface area (Å²) in [6, 6.07) is 2.07. The van der Waals surface area contributed by atoms with Crippen molar-refractivity contribution in [3.05, 3.63) is 0 Å². The van der Waals surface area contributed by atoms with Crippen molar-refractivity contribution in [2.45, 2.75) is 38.8 Å². The lowest BCUT2D eigenvalue weighted by Crippen LogP contribution is -2.52. The van der Waals surface area contributed by atoms with Crippen LogP contribution in [0, 0.1) is 11.3 Å². The maximum Gasteiger partial charge on any atom is 0.408 e. The van der Waals surface area contributed by atoms with Gasteiger partial charge in [0.2, 0.25) is 0 Å². The molecule has 0 radical (unpaired) electrons. The van der Waals surface area contributed by atoms with E-state index in [9.17, 15) is 4.79 Å². The molecule has 0 saturated heterocycles. The Morgan fingerprint density at radius 3 is 2.19 bits per heavy atom. The highest BCUT2D eigenvalue weighted by Gasteiger charge is 2.29. The predicted molar refractivity (Wildman–Crippen MR) is 61.9 cm³/mol. The van der Waals surface area contributed by atoms with E-state index in [2.05, 4.69) is 11.4 Å². The highest BCUT2D eigenvalue weighted by atomic mass is 16.6. The van der Waals surface area contributed by atoms with Crippen molar-refractivity contribution in [1.29, 1.82) is 5.26 Å². The van der Waals surface area contributed by atoms with Crippen molar-refractivity contribution in [1.82, 2.24) is 10.2 Å². The van der Waals surface area contributed by atoms with Crippen LogP contribution in [-0.4, -0.2) is 42.8 Å². The molecular formula is C11H21N3O2. The van der Waals surface area contributed by atoms with E-state index in [1.54, 1.807) is 27.7 Å². The molecule has 0 aromatic heterocycles. The first kappa shape index (κ1) is 14.7. The number of likely N-dealkylation sites (N-methyl/N-ethyl adjacent to an activating group) is 1. The summed E-state index contributed by atoms with van der Waals surface area (Å²) in [6.45, 7) is 7.44. The second-order valence-corrected chi connectivity index (χ2v) is 5.31. The Labute approximate surface area is 97.4 Å². The molecular weight excluding hydrogens is 206 g/mol. The molecule has 5 heteroatoms. The number of carbonyl (C=O) groups is 1. The quantitative estimate of drug-likeness (QED) is 0.790. The zero-order valence-electron chi connectivity index (χ0n) is 10.9. The molecule has 5 nitrogen and oxygen atoms in total. The van der Waals surface area contributed by atoms with E-state index in [1.165, 1.54) is 0 Å². The molecule has 0 heterocycles. The van der Waals surface area contributed by atoms with Gasteiger partial charge in [0.05, 0.1) is 6.07 Å². The molecule has 0 rings (SSSR count). The highest BCUT2D eigenvalue weighted by Crippen LogP contribution is 2.09. The number of hydrogen-bond acceptors (Lipinski definition) is 4. The van der Waals surface area contributed by atoms with E-state index in [0.29, 0.717) is 6.54 Å². The first-order chi connectivity index (χ1) is 7.08. The molecule has 1 atom stereocenters. The van der Waals surface area contributed by atoms with Crippen LogP contribution in [0.5, 0.6) is 0 Å². The third kappa shape index (κ3) is 6.25. The van der Waals surface area contributed by atoms with E-state index in [-0.39, 0.29) is 0 Å². The molecule has 92 valence electrons. The molecule has 0 aliphatic rings. The van der Waals surface area contributed by atoms with Crippen LogP contribution in [0.25, 0.3) is 0 Å². The summed E-state index contributed by atoms with van der Waals surface area (Å²) in [4.78, 5) is 13.3. The summed E-state index contributed by atoms with van der Waals surface area (Å²) in [5.74, 6) is 0. The topological polar surface area (TPSA) is 65.4 Å². The third-order valence-corrected chi connectivity index (χ3v) is 1.66. The number of hydrogen-bond donors (Lipinski definition) is 1. The summed E-state index contributed by atoms with van der Waals surface area (Å²) < 4.78 is 5.10. The molecule has 1 unspecified atom stereocenters. The average molecular weight is 227 g/mol. The minimum atomic E-state index is -0.939. The van der Waals surface area contributed by atoms with E-state index < -0.39 is 17.2 Å². The van der Waals surface area contributed by atoms with Crippen LogP contribution in [-0.2, 0) is 4.74 Å². The fourth-order valence-corrected chi connectivity index (χ4v) is 1.26. The minimum Gasteiger partial charge on any atom is -0.444 e. The van der Waals surface area contributed by atoms with Gasteiger partial charge in [-0.1, -0.05) is 0 Å². The summed E-state index contributed by atoms with van der Waals surface area (Å²) in [7, 11) is 3.68. The summed E-state index contributed by atoms with van der Waals surface area (Å²) in [5.41, 5.74) is -1.50. The van der Waals surface area contributed by atoms with Crippen LogP contribution in [0.2, 0.25) is 0 Å². The van der Waals surface area contributed by atoms with Gasteiger partial charge in [0.1, 0.15) is 11.1 Å². The molecule has 0 fully saturated rings. The minimum absolute atomic E-state index is 0.433. The SMILES string of the molecule is CN(C)CC(C)(C#N)NC(=O)OC(C)(C)C. The van der Waals surface area contributed by atoms with Crippen molar-refractivity contribution in [2.75, 3.05) is 20.6 Å². The van der Waals surface area contributed by atoms with Gasteiger partial charge in [-0.3, -0.25) is 0 Å². The van der Waals surface area contributed by atoms with Crippen molar-refractivity contribution < 1.29 is 9.53 Å². The van der Waals surface area contributed by atoms with Crippen LogP contribution in [0.1, 0.15) is 27.7 Å². The van der Waals surface area contributed by atoms with Crippen LogP contribution in [0.15, 0.2) is 0 Å². The Morgan fingerprint density at radius 1 is 1.38 bits per heavy atom. The Hall–Kier alpha value is -1.28.